The lowest BCUT2D eigenvalue weighted by Gasteiger charge is -2.27. The molecule has 0 bridgehead atoms. The topological polar surface area (TPSA) is 64.6 Å². The van der Waals surface area contributed by atoms with Crippen LogP contribution < -0.4 is 5.32 Å². The number of amides is 1. The van der Waals surface area contributed by atoms with Gasteiger partial charge in [-0.05, 0) is 47.0 Å². The van der Waals surface area contributed by atoms with Crippen molar-refractivity contribution in [1.82, 2.24) is 5.32 Å². The summed E-state index contributed by atoms with van der Waals surface area (Å²) in [4.78, 5) is 23.8. The van der Waals surface area contributed by atoms with Crippen molar-refractivity contribution >= 4 is 12.1 Å². The number of alkyl carbamates (subject to hydrolysis) is 1. The van der Waals surface area contributed by atoms with E-state index in [0.717, 1.165) is 6.42 Å². The van der Waals surface area contributed by atoms with E-state index in [-0.39, 0.29) is 18.1 Å². The molecule has 0 saturated carbocycles. The Morgan fingerprint density at radius 3 is 2.38 bits per heavy atom. The zero-order valence-corrected chi connectivity index (χ0v) is 14.3. The van der Waals surface area contributed by atoms with Gasteiger partial charge in [0.1, 0.15) is 11.7 Å². The van der Waals surface area contributed by atoms with Crippen molar-refractivity contribution in [3.8, 4) is 0 Å². The Hall–Kier alpha value is -1.26. The van der Waals surface area contributed by atoms with Crippen LogP contribution in [-0.2, 0) is 14.3 Å². The first-order chi connectivity index (χ1) is 9.40. The molecule has 0 unspecified atom stereocenters. The summed E-state index contributed by atoms with van der Waals surface area (Å²) in [5.41, 5.74) is -1.03. The van der Waals surface area contributed by atoms with E-state index in [9.17, 15) is 9.59 Å². The minimum atomic E-state index is -0.544. The molecule has 1 fully saturated rings. The third-order valence-corrected chi connectivity index (χ3v) is 3.40. The molecule has 0 aromatic heterocycles. The van der Waals surface area contributed by atoms with Crippen LogP contribution in [0.1, 0.15) is 61.3 Å². The summed E-state index contributed by atoms with van der Waals surface area (Å²) >= 11 is 0. The number of rotatable bonds is 4. The number of cyclic esters (lactones) is 1. The number of ether oxygens (including phenoxy) is 2. The van der Waals surface area contributed by atoms with Gasteiger partial charge in [-0.25, -0.2) is 4.79 Å². The summed E-state index contributed by atoms with van der Waals surface area (Å²) in [5, 5.41) is 2.87. The van der Waals surface area contributed by atoms with E-state index in [1.165, 1.54) is 0 Å². The maximum absolute atomic E-state index is 12.0. The van der Waals surface area contributed by atoms with Gasteiger partial charge in [0.2, 0.25) is 0 Å². The van der Waals surface area contributed by atoms with E-state index < -0.39 is 17.1 Å². The van der Waals surface area contributed by atoms with Crippen molar-refractivity contribution in [2.24, 2.45) is 11.3 Å². The molecule has 2 atom stereocenters. The Kier molecular flexibility index (Phi) is 5.29. The van der Waals surface area contributed by atoms with Gasteiger partial charge in [-0.15, -0.1) is 0 Å². The molecular formula is C16H29NO4. The summed E-state index contributed by atoms with van der Waals surface area (Å²) in [6.45, 7) is 13.4. The Labute approximate surface area is 127 Å². The lowest BCUT2D eigenvalue weighted by atomic mass is 9.86. The van der Waals surface area contributed by atoms with Crippen molar-refractivity contribution in [2.45, 2.75) is 79.1 Å². The molecule has 21 heavy (non-hydrogen) atoms. The zero-order valence-electron chi connectivity index (χ0n) is 14.3. The second-order valence-electron chi connectivity index (χ2n) is 7.91. The predicted octanol–water partition coefficient (Wildman–Crippen LogP) is 3.27. The smallest absolute Gasteiger partial charge is 0.408 e. The van der Waals surface area contributed by atoms with Crippen molar-refractivity contribution < 1.29 is 19.1 Å². The van der Waals surface area contributed by atoms with Gasteiger partial charge in [-0.3, -0.25) is 4.79 Å². The predicted molar refractivity (Wildman–Crippen MR) is 80.9 cm³/mol. The van der Waals surface area contributed by atoms with Crippen LogP contribution >= 0.6 is 0 Å². The molecule has 0 aromatic rings. The SMILES string of the molecule is CC(C)C[C@H](NC(=O)OC(C)(C)C)[C@@H]1CC(C)(C)C(=O)O1. The maximum Gasteiger partial charge on any atom is 0.408 e. The van der Waals surface area contributed by atoms with E-state index >= 15 is 0 Å². The molecule has 1 aliphatic rings. The molecule has 122 valence electrons. The second kappa shape index (κ2) is 6.24. The van der Waals surface area contributed by atoms with Gasteiger partial charge in [0.25, 0.3) is 0 Å². The molecule has 1 rings (SSSR count). The molecule has 1 aliphatic heterocycles. The maximum atomic E-state index is 12.0. The number of esters is 1. The van der Waals surface area contributed by atoms with E-state index in [1.54, 1.807) is 0 Å². The second-order valence-corrected chi connectivity index (χ2v) is 7.91. The fourth-order valence-corrected chi connectivity index (χ4v) is 2.42. The van der Waals surface area contributed by atoms with Crippen molar-refractivity contribution in [3.63, 3.8) is 0 Å². The van der Waals surface area contributed by atoms with Crippen molar-refractivity contribution in [1.29, 1.82) is 0 Å². The van der Waals surface area contributed by atoms with Crippen LogP contribution in [0.5, 0.6) is 0 Å². The summed E-state index contributed by atoms with van der Waals surface area (Å²) in [5.74, 6) is 0.180. The molecule has 0 radical (unpaired) electrons. The molecule has 0 aliphatic carbocycles. The third-order valence-electron chi connectivity index (χ3n) is 3.40. The standard InChI is InChI=1S/C16H29NO4/c1-10(2)8-11(17-14(19)21-15(3,4)5)12-9-16(6,7)13(18)20-12/h10-12H,8-9H2,1-7H3,(H,17,19)/t11-,12-/m0/s1. The van der Waals surface area contributed by atoms with Crippen LogP contribution in [0.2, 0.25) is 0 Å². The van der Waals surface area contributed by atoms with Crippen molar-refractivity contribution in [2.75, 3.05) is 0 Å². The first-order valence-corrected chi connectivity index (χ1v) is 7.61. The van der Waals surface area contributed by atoms with E-state index in [4.69, 9.17) is 9.47 Å². The molecule has 5 nitrogen and oxygen atoms in total. The summed E-state index contributed by atoms with van der Waals surface area (Å²) < 4.78 is 10.8. The average molecular weight is 299 g/mol. The highest BCUT2D eigenvalue weighted by Gasteiger charge is 2.45. The number of hydrogen-bond acceptors (Lipinski definition) is 4. The molecule has 1 saturated heterocycles. The van der Waals surface area contributed by atoms with Crippen molar-refractivity contribution in [3.05, 3.63) is 0 Å². The fourth-order valence-electron chi connectivity index (χ4n) is 2.42. The Bertz CT molecular complexity index is 396. The zero-order chi connectivity index (χ0) is 16.4. The third kappa shape index (κ3) is 5.56. The number of hydrogen-bond donors (Lipinski definition) is 1. The minimum absolute atomic E-state index is 0.202. The monoisotopic (exact) mass is 299 g/mol. The largest absolute Gasteiger partial charge is 0.460 e. The first kappa shape index (κ1) is 17.8. The van der Waals surface area contributed by atoms with E-state index in [2.05, 4.69) is 19.2 Å². The van der Waals surface area contributed by atoms with Crippen LogP contribution in [0, 0.1) is 11.3 Å². The minimum Gasteiger partial charge on any atom is -0.460 e. The fraction of sp³-hybridized carbons (Fsp3) is 0.875. The number of carbonyl (C=O) groups is 2. The van der Waals surface area contributed by atoms with Crippen LogP contribution in [0.3, 0.4) is 0 Å². The number of carbonyl (C=O) groups excluding carboxylic acids is 2. The van der Waals surface area contributed by atoms with Crippen LogP contribution in [0.15, 0.2) is 0 Å². The van der Waals surface area contributed by atoms with Crippen LogP contribution in [0.25, 0.3) is 0 Å². The Morgan fingerprint density at radius 2 is 2.00 bits per heavy atom. The lowest BCUT2D eigenvalue weighted by molar-refractivity contribution is -0.148. The van der Waals surface area contributed by atoms with Gasteiger partial charge in [-0.1, -0.05) is 13.8 Å². The quantitative estimate of drug-likeness (QED) is 0.809. The van der Waals surface area contributed by atoms with Crippen LogP contribution in [-0.4, -0.2) is 29.8 Å². The summed E-state index contributed by atoms with van der Waals surface area (Å²) in [6, 6.07) is -0.217. The Morgan fingerprint density at radius 1 is 1.43 bits per heavy atom. The van der Waals surface area contributed by atoms with Gasteiger partial charge >= 0.3 is 12.1 Å². The van der Waals surface area contributed by atoms with Gasteiger partial charge in [0.15, 0.2) is 0 Å². The highest BCUT2D eigenvalue weighted by Crippen LogP contribution is 2.35. The highest BCUT2D eigenvalue weighted by atomic mass is 16.6. The molecule has 1 amide bonds. The molecule has 5 heteroatoms. The molecule has 1 heterocycles. The highest BCUT2D eigenvalue weighted by molar-refractivity contribution is 5.78. The summed E-state index contributed by atoms with van der Waals surface area (Å²) in [6.07, 6.45) is 0.600. The van der Waals surface area contributed by atoms with Gasteiger partial charge in [-0.2, -0.15) is 0 Å². The van der Waals surface area contributed by atoms with E-state index in [1.807, 2.05) is 34.6 Å². The summed E-state index contributed by atoms with van der Waals surface area (Å²) in [7, 11) is 0. The molecular weight excluding hydrogens is 270 g/mol. The lowest BCUT2D eigenvalue weighted by Crippen LogP contribution is -2.46. The van der Waals surface area contributed by atoms with Crippen LogP contribution in [0.4, 0.5) is 4.79 Å². The molecule has 0 spiro atoms. The van der Waals surface area contributed by atoms with Gasteiger partial charge in [0, 0.05) is 6.42 Å². The van der Waals surface area contributed by atoms with Gasteiger partial charge in [0.05, 0.1) is 11.5 Å². The van der Waals surface area contributed by atoms with Gasteiger partial charge < -0.3 is 14.8 Å². The van der Waals surface area contributed by atoms with E-state index in [0.29, 0.717) is 12.3 Å². The molecule has 1 N–H and O–H groups in total. The Balaban J connectivity index is 2.73. The average Bonchev–Trinajstić information content (AvgIpc) is 2.49. The molecule has 0 aromatic carbocycles. The normalized spacial score (nSPS) is 22.9. The number of nitrogens with one attached hydrogen (secondary N) is 1. The first-order valence-electron chi connectivity index (χ1n) is 7.61.